The van der Waals surface area contributed by atoms with E-state index in [1.807, 2.05) is 11.5 Å². The van der Waals surface area contributed by atoms with Crippen LogP contribution in [0.3, 0.4) is 0 Å². The predicted octanol–water partition coefficient (Wildman–Crippen LogP) is 1.20. The van der Waals surface area contributed by atoms with Crippen molar-refractivity contribution in [3.8, 4) is 0 Å². The monoisotopic (exact) mass is 449 g/mol. The highest BCUT2D eigenvalue weighted by Gasteiger charge is 2.27. The van der Waals surface area contributed by atoms with Crippen molar-refractivity contribution < 1.29 is 27.5 Å². The third-order valence-electron chi connectivity index (χ3n) is 5.34. The van der Waals surface area contributed by atoms with Gasteiger partial charge in [-0.1, -0.05) is 12.1 Å². The fourth-order valence-corrected chi connectivity index (χ4v) is 4.05. The standard InChI is InChI=1S/C21H27N3O6S/c1-14-12-19(21(26)30-16(3)20(25)23-8-10-29-11-9-23)15(2)24(14)13-17-4-6-18(7-5-17)31(22,27)28/h4-7,12,16H,8-11,13H2,1-3H3,(H2,22,27,28). The Hall–Kier alpha value is -2.69. The first-order valence-electron chi connectivity index (χ1n) is 9.94. The van der Waals surface area contributed by atoms with Crippen molar-refractivity contribution >= 4 is 21.9 Å². The van der Waals surface area contributed by atoms with Crippen LogP contribution in [0.15, 0.2) is 35.2 Å². The third kappa shape index (κ3) is 5.33. The molecule has 2 aromatic rings. The fourth-order valence-electron chi connectivity index (χ4n) is 3.53. The van der Waals surface area contributed by atoms with E-state index in [0.717, 1.165) is 11.3 Å². The van der Waals surface area contributed by atoms with Crippen LogP contribution in [0.4, 0.5) is 0 Å². The summed E-state index contributed by atoms with van der Waals surface area (Å²) in [7, 11) is -3.75. The molecule has 1 aliphatic rings. The van der Waals surface area contributed by atoms with Gasteiger partial charge in [-0.05, 0) is 44.5 Å². The van der Waals surface area contributed by atoms with Crippen LogP contribution in [0.2, 0.25) is 0 Å². The van der Waals surface area contributed by atoms with Crippen LogP contribution in [-0.4, -0.2) is 62.2 Å². The molecule has 168 valence electrons. The number of aromatic nitrogens is 1. The molecule has 0 bridgehead atoms. The lowest BCUT2D eigenvalue weighted by Gasteiger charge is -2.28. The number of morpholine rings is 1. The van der Waals surface area contributed by atoms with E-state index in [1.165, 1.54) is 12.1 Å². The zero-order valence-electron chi connectivity index (χ0n) is 17.8. The number of amides is 1. The van der Waals surface area contributed by atoms with E-state index in [0.29, 0.717) is 44.1 Å². The number of aryl methyl sites for hydroxylation is 1. The number of nitrogens with zero attached hydrogens (tertiary/aromatic N) is 2. The maximum absolute atomic E-state index is 12.7. The van der Waals surface area contributed by atoms with Crippen molar-refractivity contribution in [2.75, 3.05) is 26.3 Å². The molecule has 0 radical (unpaired) electrons. The van der Waals surface area contributed by atoms with Gasteiger partial charge >= 0.3 is 5.97 Å². The number of hydrogen-bond donors (Lipinski definition) is 1. The summed E-state index contributed by atoms with van der Waals surface area (Å²) in [4.78, 5) is 26.9. The number of benzene rings is 1. The van der Waals surface area contributed by atoms with Crippen LogP contribution < -0.4 is 5.14 Å². The van der Waals surface area contributed by atoms with Crippen LogP contribution in [-0.2, 0) is 30.8 Å². The van der Waals surface area contributed by atoms with Crippen molar-refractivity contribution in [2.24, 2.45) is 5.14 Å². The predicted molar refractivity (Wildman–Crippen MR) is 113 cm³/mol. The fraction of sp³-hybridized carbons (Fsp3) is 0.429. The van der Waals surface area contributed by atoms with Gasteiger partial charge in [0, 0.05) is 31.0 Å². The Morgan fingerprint density at radius 3 is 2.35 bits per heavy atom. The molecule has 1 atom stereocenters. The quantitative estimate of drug-likeness (QED) is 0.662. The summed E-state index contributed by atoms with van der Waals surface area (Å²) in [5.74, 6) is -0.793. The topological polar surface area (TPSA) is 121 Å². The molecule has 1 amide bonds. The second kappa shape index (κ2) is 9.21. The lowest BCUT2D eigenvalue weighted by Crippen LogP contribution is -2.46. The van der Waals surface area contributed by atoms with Crippen LogP contribution in [0, 0.1) is 13.8 Å². The number of nitrogens with two attached hydrogens (primary N) is 1. The van der Waals surface area contributed by atoms with Crippen LogP contribution in [0.25, 0.3) is 0 Å². The summed E-state index contributed by atoms with van der Waals surface area (Å²) in [6.07, 6.45) is -0.889. The zero-order chi connectivity index (χ0) is 22.8. The molecule has 9 nitrogen and oxygen atoms in total. The van der Waals surface area contributed by atoms with Crippen LogP contribution >= 0.6 is 0 Å². The van der Waals surface area contributed by atoms with Crippen LogP contribution in [0.5, 0.6) is 0 Å². The first kappa shape index (κ1) is 23.0. The van der Waals surface area contributed by atoms with Gasteiger partial charge in [0.2, 0.25) is 10.0 Å². The first-order valence-corrected chi connectivity index (χ1v) is 11.5. The number of primary sulfonamides is 1. The Morgan fingerprint density at radius 1 is 1.16 bits per heavy atom. The zero-order valence-corrected chi connectivity index (χ0v) is 18.6. The number of sulfonamides is 1. The Morgan fingerprint density at radius 2 is 1.77 bits per heavy atom. The molecule has 0 aliphatic carbocycles. The van der Waals surface area contributed by atoms with Gasteiger partial charge in [0.15, 0.2) is 6.10 Å². The van der Waals surface area contributed by atoms with E-state index in [2.05, 4.69) is 0 Å². The molecule has 10 heteroatoms. The molecule has 1 aromatic carbocycles. The average Bonchev–Trinajstić information content (AvgIpc) is 3.02. The summed E-state index contributed by atoms with van der Waals surface area (Å²) in [6.45, 7) is 7.61. The molecule has 1 saturated heterocycles. The molecular weight excluding hydrogens is 422 g/mol. The summed E-state index contributed by atoms with van der Waals surface area (Å²) in [5, 5.41) is 5.14. The number of esters is 1. The molecule has 2 N–H and O–H groups in total. The Balaban J connectivity index is 1.71. The summed E-state index contributed by atoms with van der Waals surface area (Å²) < 4.78 is 35.4. The molecule has 1 unspecified atom stereocenters. The van der Waals surface area contributed by atoms with E-state index >= 15 is 0 Å². The maximum atomic E-state index is 12.7. The minimum absolute atomic E-state index is 0.0420. The molecule has 1 aromatic heterocycles. The number of rotatable bonds is 6. The molecule has 31 heavy (non-hydrogen) atoms. The second-order valence-electron chi connectivity index (χ2n) is 7.55. The summed E-state index contributed by atoms with van der Waals surface area (Å²) in [6, 6.07) is 7.99. The highest BCUT2D eigenvalue weighted by atomic mass is 32.2. The SMILES string of the molecule is Cc1cc(C(=O)OC(C)C(=O)N2CCOCC2)c(C)n1Cc1ccc(S(N)(=O)=O)cc1. The first-order chi connectivity index (χ1) is 14.6. The van der Waals surface area contributed by atoms with Gasteiger partial charge < -0.3 is 18.9 Å². The second-order valence-corrected chi connectivity index (χ2v) is 9.11. The summed E-state index contributed by atoms with van der Waals surface area (Å²) >= 11 is 0. The largest absolute Gasteiger partial charge is 0.449 e. The molecule has 2 heterocycles. The number of ether oxygens (including phenoxy) is 2. The Labute approximate surface area is 181 Å². The average molecular weight is 450 g/mol. The van der Waals surface area contributed by atoms with Crippen LogP contribution in [0.1, 0.15) is 34.2 Å². The van der Waals surface area contributed by atoms with E-state index in [4.69, 9.17) is 14.6 Å². The number of carbonyl (C=O) groups excluding carboxylic acids is 2. The van der Waals surface area contributed by atoms with Gasteiger partial charge in [-0.15, -0.1) is 0 Å². The Kier molecular flexibility index (Phi) is 6.83. The highest BCUT2D eigenvalue weighted by Crippen LogP contribution is 2.20. The van der Waals surface area contributed by atoms with E-state index in [9.17, 15) is 18.0 Å². The van der Waals surface area contributed by atoms with Crippen molar-refractivity contribution in [2.45, 2.75) is 38.3 Å². The molecule has 0 spiro atoms. The normalized spacial score (nSPS) is 15.5. The number of carbonyl (C=O) groups is 2. The van der Waals surface area contributed by atoms with Gasteiger partial charge in [0.05, 0.1) is 23.7 Å². The van der Waals surface area contributed by atoms with Gasteiger partial charge in [0.1, 0.15) is 0 Å². The lowest BCUT2D eigenvalue weighted by atomic mass is 10.2. The molecule has 0 saturated carbocycles. The van der Waals surface area contributed by atoms with Crippen molar-refractivity contribution in [3.63, 3.8) is 0 Å². The van der Waals surface area contributed by atoms with Gasteiger partial charge in [-0.3, -0.25) is 4.79 Å². The number of hydrogen-bond acceptors (Lipinski definition) is 6. The van der Waals surface area contributed by atoms with Crippen molar-refractivity contribution in [3.05, 3.63) is 52.8 Å². The van der Waals surface area contributed by atoms with E-state index in [-0.39, 0.29) is 10.8 Å². The molecule has 3 rings (SSSR count). The molecular formula is C21H27N3O6S. The van der Waals surface area contributed by atoms with Gasteiger partial charge in [0.25, 0.3) is 5.91 Å². The smallest absolute Gasteiger partial charge is 0.340 e. The van der Waals surface area contributed by atoms with E-state index < -0.39 is 22.1 Å². The maximum Gasteiger partial charge on any atom is 0.340 e. The minimum atomic E-state index is -3.75. The third-order valence-corrected chi connectivity index (χ3v) is 6.27. The van der Waals surface area contributed by atoms with E-state index in [1.54, 1.807) is 36.9 Å². The summed E-state index contributed by atoms with van der Waals surface area (Å²) in [5.41, 5.74) is 2.78. The molecule has 1 fully saturated rings. The Bertz CT molecular complexity index is 1070. The van der Waals surface area contributed by atoms with Gasteiger partial charge in [-0.25, -0.2) is 18.4 Å². The van der Waals surface area contributed by atoms with Crippen molar-refractivity contribution in [1.82, 2.24) is 9.47 Å². The van der Waals surface area contributed by atoms with Gasteiger partial charge in [-0.2, -0.15) is 0 Å². The minimum Gasteiger partial charge on any atom is -0.449 e. The van der Waals surface area contributed by atoms with Crippen molar-refractivity contribution in [1.29, 1.82) is 0 Å². The lowest BCUT2D eigenvalue weighted by molar-refractivity contribution is -0.143. The highest BCUT2D eigenvalue weighted by molar-refractivity contribution is 7.89. The molecule has 1 aliphatic heterocycles.